The maximum atomic E-state index is 11.5. The molecule has 0 aliphatic rings. The van der Waals surface area contributed by atoms with Gasteiger partial charge in [-0.05, 0) is 12.3 Å². The zero-order valence-corrected chi connectivity index (χ0v) is 17.5. The van der Waals surface area contributed by atoms with Crippen molar-refractivity contribution in [3.05, 3.63) is 0 Å². The van der Waals surface area contributed by atoms with Gasteiger partial charge in [0.1, 0.15) is 6.61 Å². The highest BCUT2D eigenvalue weighted by Crippen LogP contribution is 1.91. The van der Waals surface area contributed by atoms with Crippen LogP contribution in [0.3, 0.4) is 0 Å². The van der Waals surface area contributed by atoms with Gasteiger partial charge in [0.2, 0.25) is 5.91 Å². The van der Waals surface area contributed by atoms with Gasteiger partial charge in [-0.1, -0.05) is 34.6 Å². The second-order valence-electron chi connectivity index (χ2n) is 5.71. The van der Waals surface area contributed by atoms with Crippen LogP contribution in [0.1, 0.15) is 42.5 Å². The number of ether oxygens (including phenoxy) is 5. The highest BCUT2D eigenvalue weighted by Gasteiger charge is 2.00. The maximum absolute atomic E-state index is 11.5. The van der Waals surface area contributed by atoms with Gasteiger partial charge in [-0.3, -0.25) is 4.79 Å². The molecule has 0 aromatic rings. The smallest absolute Gasteiger partial charge is 0.246 e. The number of hydrogen-bond acceptors (Lipinski definition) is 6. The first-order chi connectivity index (χ1) is 12.7. The van der Waals surface area contributed by atoms with Crippen LogP contribution in [-0.2, 0) is 28.5 Å². The lowest BCUT2D eigenvalue weighted by molar-refractivity contribution is -0.126. The molecule has 0 heterocycles. The molecule has 7 heteroatoms. The summed E-state index contributed by atoms with van der Waals surface area (Å²) in [6.07, 6.45) is 1.01. The lowest BCUT2D eigenvalue weighted by Crippen LogP contribution is -2.31. The monoisotopic (exact) mass is 381 g/mol. The van der Waals surface area contributed by atoms with Crippen molar-refractivity contribution < 1.29 is 29.9 Å². The number of hydrogen-bond donors (Lipinski definition) is 1. The van der Waals surface area contributed by atoms with Crippen molar-refractivity contribution in [2.75, 3.05) is 72.6 Å². The normalized spacial score (nSPS) is 10.5. The van der Waals surface area contributed by atoms with Crippen LogP contribution in [0.2, 0.25) is 0 Å². The van der Waals surface area contributed by atoms with Crippen molar-refractivity contribution in [1.29, 1.82) is 0 Å². The van der Waals surface area contributed by atoms with Gasteiger partial charge in [0.15, 0.2) is 0 Å². The van der Waals surface area contributed by atoms with Crippen LogP contribution in [0.25, 0.3) is 0 Å². The Bertz CT molecular complexity index is 283. The first-order valence-corrected chi connectivity index (χ1v) is 9.82. The highest BCUT2D eigenvalue weighted by atomic mass is 16.5. The zero-order chi connectivity index (χ0) is 19.9. The molecule has 0 atom stereocenters. The van der Waals surface area contributed by atoms with Gasteiger partial charge < -0.3 is 29.0 Å². The van der Waals surface area contributed by atoms with Crippen LogP contribution in [-0.4, -0.2) is 78.5 Å². The lowest BCUT2D eigenvalue weighted by Gasteiger charge is -2.09. The van der Waals surface area contributed by atoms with E-state index in [1.54, 1.807) is 0 Å². The second-order valence-corrected chi connectivity index (χ2v) is 5.71. The third-order valence-electron chi connectivity index (χ3n) is 2.72. The minimum Gasteiger partial charge on any atom is -0.379 e. The molecular formula is C19H43NO6. The Balaban J connectivity index is -0.00000185. The molecule has 160 valence electrons. The largest absolute Gasteiger partial charge is 0.379 e. The molecule has 0 fully saturated rings. The summed E-state index contributed by atoms with van der Waals surface area (Å²) in [6, 6.07) is 0. The van der Waals surface area contributed by atoms with E-state index >= 15 is 0 Å². The Hall–Kier alpha value is -0.730. The molecule has 0 spiro atoms. The number of amides is 1. The van der Waals surface area contributed by atoms with Crippen LogP contribution < -0.4 is 5.32 Å². The van der Waals surface area contributed by atoms with Crippen LogP contribution >= 0.6 is 0 Å². The Labute approximate surface area is 161 Å². The van der Waals surface area contributed by atoms with E-state index in [0.717, 1.165) is 19.6 Å². The maximum Gasteiger partial charge on any atom is 0.246 e. The van der Waals surface area contributed by atoms with Crippen molar-refractivity contribution in [2.45, 2.75) is 41.0 Å². The van der Waals surface area contributed by atoms with Crippen LogP contribution in [0.5, 0.6) is 0 Å². The van der Waals surface area contributed by atoms with Crippen molar-refractivity contribution in [1.82, 2.24) is 5.32 Å². The molecule has 7 nitrogen and oxygen atoms in total. The quantitative estimate of drug-likeness (QED) is 0.368. The predicted molar refractivity (Wildman–Crippen MR) is 106 cm³/mol. The fourth-order valence-corrected chi connectivity index (χ4v) is 1.60. The minimum absolute atomic E-state index is 0. The highest BCUT2D eigenvalue weighted by molar-refractivity contribution is 5.77. The van der Waals surface area contributed by atoms with E-state index in [-0.39, 0.29) is 13.9 Å². The Morgan fingerprint density at radius 3 is 1.88 bits per heavy atom. The first kappa shape index (κ1) is 27.5. The van der Waals surface area contributed by atoms with E-state index in [4.69, 9.17) is 23.7 Å². The zero-order valence-electron chi connectivity index (χ0n) is 17.5. The van der Waals surface area contributed by atoms with E-state index in [9.17, 15) is 4.79 Å². The summed E-state index contributed by atoms with van der Waals surface area (Å²) < 4.78 is 26.5. The summed E-state index contributed by atoms with van der Waals surface area (Å²) in [5.74, 6) is 0.382. The molecule has 0 unspecified atom stereocenters. The third-order valence-corrected chi connectivity index (χ3v) is 2.72. The molecule has 0 aliphatic heterocycles. The van der Waals surface area contributed by atoms with Gasteiger partial charge in [0, 0.05) is 21.2 Å². The first-order valence-electron chi connectivity index (χ1n) is 9.82. The van der Waals surface area contributed by atoms with Crippen LogP contribution in [0, 0.1) is 5.92 Å². The average molecular weight is 382 g/mol. The molecule has 0 aromatic carbocycles. The average Bonchev–Trinajstić information content (AvgIpc) is 2.64. The second kappa shape index (κ2) is 24.3. The van der Waals surface area contributed by atoms with Crippen LogP contribution in [0.15, 0.2) is 0 Å². The molecule has 0 aliphatic carbocycles. The van der Waals surface area contributed by atoms with Gasteiger partial charge in [-0.2, -0.15) is 0 Å². The fourth-order valence-electron chi connectivity index (χ4n) is 1.60. The van der Waals surface area contributed by atoms with E-state index < -0.39 is 0 Å². The Morgan fingerprint density at radius 2 is 1.31 bits per heavy atom. The molecule has 0 saturated heterocycles. The number of carbonyl (C=O) groups excluding carboxylic acids is 1. The molecule has 1 amide bonds. The minimum atomic E-state index is -0.152. The van der Waals surface area contributed by atoms with Crippen LogP contribution in [0.4, 0.5) is 0 Å². The van der Waals surface area contributed by atoms with Crippen molar-refractivity contribution in [3.63, 3.8) is 0 Å². The molecule has 0 saturated carbocycles. The number of nitrogens with one attached hydrogen (secondary N) is 1. The van der Waals surface area contributed by atoms with E-state index in [0.29, 0.717) is 58.7 Å². The SMILES string of the molecule is CC.CCCOCCOCCNC(=O)COCCOCCOCC(C)C.[HH]. The molecule has 1 N–H and O–H groups in total. The van der Waals surface area contributed by atoms with Crippen molar-refractivity contribution in [2.24, 2.45) is 5.92 Å². The van der Waals surface area contributed by atoms with Gasteiger partial charge in [0.05, 0.1) is 46.2 Å². The Kier molecular flexibility index (Phi) is 25.7. The number of carbonyl (C=O) groups is 1. The third kappa shape index (κ3) is 25.5. The predicted octanol–water partition coefficient (Wildman–Crippen LogP) is 2.52. The van der Waals surface area contributed by atoms with E-state index in [1.807, 2.05) is 13.8 Å². The molecule has 26 heavy (non-hydrogen) atoms. The topological polar surface area (TPSA) is 75.3 Å². The molecule has 0 aromatic heterocycles. The summed E-state index contributed by atoms with van der Waals surface area (Å²) >= 11 is 0. The van der Waals surface area contributed by atoms with Gasteiger partial charge in [-0.15, -0.1) is 0 Å². The van der Waals surface area contributed by atoms with Crippen molar-refractivity contribution >= 4 is 5.91 Å². The van der Waals surface area contributed by atoms with Gasteiger partial charge in [0.25, 0.3) is 0 Å². The molecule has 0 bridgehead atoms. The summed E-state index contributed by atoms with van der Waals surface area (Å²) in [6.45, 7) is 15.9. The fraction of sp³-hybridized carbons (Fsp3) is 0.947. The van der Waals surface area contributed by atoms with Crippen molar-refractivity contribution in [3.8, 4) is 0 Å². The van der Waals surface area contributed by atoms with E-state index in [1.165, 1.54) is 0 Å². The summed E-state index contributed by atoms with van der Waals surface area (Å²) in [5.41, 5.74) is 0. The number of rotatable bonds is 18. The van der Waals surface area contributed by atoms with E-state index in [2.05, 4.69) is 26.1 Å². The summed E-state index contributed by atoms with van der Waals surface area (Å²) in [5, 5.41) is 2.72. The van der Waals surface area contributed by atoms with Gasteiger partial charge >= 0.3 is 0 Å². The molecular weight excluding hydrogens is 338 g/mol. The standard InChI is InChI=1S/C17H35NO6.C2H6.H2/c1-4-6-20-8-9-21-7-5-18-17(19)15-24-13-11-22-10-12-23-14-16(2)3;1-2;/h16H,4-15H2,1-3H3,(H,18,19);1-2H3;1H. The summed E-state index contributed by atoms with van der Waals surface area (Å²) in [4.78, 5) is 11.5. The lowest BCUT2D eigenvalue weighted by atomic mass is 10.2. The van der Waals surface area contributed by atoms with Gasteiger partial charge in [-0.25, -0.2) is 0 Å². The molecule has 0 rings (SSSR count). The Morgan fingerprint density at radius 1 is 0.808 bits per heavy atom. The molecule has 0 radical (unpaired) electrons. The summed E-state index contributed by atoms with van der Waals surface area (Å²) in [7, 11) is 0.